The third-order valence-corrected chi connectivity index (χ3v) is 3.51. The molecule has 0 saturated carbocycles. The van der Waals surface area contributed by atoms with Crippen molar-refractivity contribution < 1.29 is 23.5 Å². The van der Waals surface area contributed by atoms with Crippen LogP contribution in [0.4, 0.5) is 0 Å². The SMILES string of the molecule is COc1ccccc1C(=O)Oc1ccc2cc(C(N)=O)c(=O)oc2c1. The van der Waals surface area contributed by atoms with Crippen LogP contribution in [0.2, 0.25) is 0 Å². The number of carbonyl (C=O) groups is 2. The van der Waals surface area contributed by atoms with Gasteiger partial charge in [-0.2, -0.15) is 0 Å². The highest BCUT2D eigenvalue weighted by atomic mass is 16.5. The Morgan fingerprint density at radius 1 is 1.04 bits per heavy atom. The van der Waals surface area contributed by atoms with Gasteiger partial charge in [-0.25, -0.2) is 9.59 Å². The second-order valence-corrected chi connectivity index (χ2v) is 5.10. The molecule has 1 heterocycles. The minimum Gasteiger partial charge on any atom is -0.496 e. The minimum absolute atomic E-state index is 0.167. The van der Waals surface area contributed by atoms with Crippen LogP contribution in [0.25, 0.3) is 11.0 Å². The first-order valence-corrected chi connectivity index (χ1v) is 7.22. The van der Waals surface area contributed by atoms with E-state index in [1.165, 1.54) is 25.3 Å². The molecule has 3 aromatic rings. The lowest BCUT2D eigenvalue weighted by atomic mass is 10.1. The van der Waals surface area contributed by atoms with Gasteiger partial charge in [0.1, 0.15) is 28.2 Å². The van der Waals surface area contributed by atoms with Crippen LogP contribution in [-0.4, -0.2) is 19.0 Å². The summed E-state index contributed by atoms with van der Waals surface area (Å²) in [5, 5.41) is 0.477. The number of nitrogens with two attached hydrogens (primary N) is 1. The highest BCUT2D eigenvalue weighted by molar-refractivity contribution is 5.96. The molecule has 0 aliphatic carbocycles. The summed E-state index contributed by atoms with van der Waals surface area (Å²) in [6.07, 6.45) is 0. The Labute approximate surface area is 141 Å². The smallest absolute Gasteiger partial charge is 0.349 e. The summed E-state index contributed by atoms with van der Waals surface area (Å²) >= 11 is 0. The number of benzene rings is 2. The molecular formula is C18H13NO6. The molecule has 0 atom stereocenters. The van der Waals surface area contributed by atoms with Gasteiger partial charge in [-0.05, 0) is 30.3 Å². The van der Waals surface area contributed by atoms with Gasteiger partial charge >= 0.3 is 11.6 Å². The van der Waals surface area contributed by atoms with Gasteiger partial charge in [0.2, 0.25) is 0 Å². The van der Waals surface area contributed by atoms with Gasteiger partial charge in [0.05, 0.1) is 7.11 Å². The van der Waals surface area contributed by atoms with Crippen molar-refractivity contribution in [3.8, 4) is 11.5 Å². The van der Waals surface area contributed by atoms with E-state index in [4.69, 9.17) is 19.6 Å². The topological polar surface area (TPSA) is 109 Å². The van der Waals surface area contributed by atoms with Crippen LogP contribution in [0.3, 0.4) is 0 Å². The standard InChI is InChI=1S/C18H13NO6/c1-23-14-5-3-2-4-12(14)17(21)24-11-7-6-10-8-13(16(19)20)18(22)25-15(10)9-11/h2-9H,1H3,(H2,19,20). The molecule has 2 aromatic carbocycles. The van der Waals surface area contributed by atoms with E-state index in [2.05, 4.69) is 0 Å². The molecule has 0 aliphatic rings. The number of esters is 1. The minimum atomic E-state index is -0.873. The largest absolute Gasteiger partial charge is 0.496 e. The number of hydrogen-bond donors (Lipinski definition) is 1. The van der Waals surface area contributed by atoms with Gasteiger partial charge in [-0.1, -0.05) is 12.1 Å². The number of carbonyl (C=O) groups excluding carboxylic acids is 2. The number of hydrogen-bond acceptors (Lipinski definition) is 6. The van der Waals surface area contributed by atoms with Crippen molar-refractivity contribution in [3.05, 3.63) is 70.1 Å². The van der Waals surface area contributed by atoms with Crippen molar-refractivity contribution in [2.75, 3.05) is 7.11 Å². The van der Waals surface area contributed by atoms with E-state index in [0.717, 1.165) is 0 Å². The molecular weight excluding hydrogens is 326 g/mol. The normalized spacial score (nSPS) is 10.4. The predicted octanol–water partition coefficient (Wildman–Crippen LogP) is 2.12. The number of fused-ring (bicyclic) bond motifs is 1. The second-order valence-electron chi connectivity index (χ2n) is 5.10. The zero-order chi connectivity index (χ0) is 18.0. The summed E-state index contributed by atoms with van der Waals surface area (Å²) in [6.45, 7) is 0. The number of methoxy groups -OCH3 is 1. The van der Waals surface area contributed by atoms with E-state index in [0.29, 0.717) is 11.1 Å². The van der Waals surface area contributed by atoms with E-state index in [9.17, 15) is 14.4 Å². The summed E-state index contributed by atoms with van der Waals surface area (Å²) in [5.74, 6) is -0.931. The average Bonchev–Trinajstić information content (AvgIpc) is 2.60. The van der Waals surface area contributed by atoms with Crippen molar-refractivity contribution in [2.24, 2.45) is 5.73 Å². The maximum absolute atomic E-state index is 12.3. The quantitative estimate of drug-likeness (QED) is 0.443. The van der Waals surface area contributed by atoms with Gasteiger partial charge in [0.15, 0.2) is 0 Å². The molecule has 7 heteroatoms. The van der Waals surface area contributed by atoms with Crippen LogP contribution in [0.15, 0.2) is 57.7 Å². The van der Waals surface area contributed by atoms with Crippen molar-refractivity contribution >= 4 is 22.8 Å². The summed E-state index contributed by atoms with van der Waals surface area (Å²) in [6, 6.07) is 12.4. The molecule has 0 bridgehead atoms. The van der Waals surface area contributed by atoms with Gasteiger partial charge in [0, 0.05) is 11.5 Å². The molecule has 0 radical (unpaired) electrons. The van der Waals surface area contributed by atoms with Crippen molar-refractivity contribution in [1.29, 1.82) is 0 Å². The van der Waals surface area contributed by atoms with E-state index in [1.54, 1.807) is 30.3 Å². The van der Waals surface area contributed by atoms with Crippen molar-refractivity contribution in [2.45, 2.75) is 0 Å². The zero-order valence-corrected chi connectivity index (χ0v) is 13.1. The number of primary amides is 1. The summed E-state index contributed by atoms with van der Waals surface area (Å²) < 4.78 is 15.5. The fourth-order valence-corrected chi connectivity index (χ4v) is 2.30. The summed E-state index contributed by atoms with van der Waals surface area (Å²) in [5.41, 5.74) is 4.44. The molecule has 0 saturated heterocycles. The molecule has 3 rings (SSSR count). The first-order chi connectivity index (χ1) is 12.0. The molecule has 1 aromatic heterocycles. The number of para-hydroxylation sites is 1. The number of amides is 1. The predicted molar refractivity (Wildman–Crippen MR) is 89.0 cm³/mol. The van der Waals surface area contributed by atoms with Gasteiger partial charge in [-0.3, -0.25) is 4.79 Å². The third-order valence-electron chi connectivity index (χ3n) is 3.51. The van der Waals surface area contributed by atoms with E-state index >= 15 is 0 Å². The molecule has 0 aliphatic heterocycles. The number of ether oxygens (including phenoxy) is 2. The lowest BCUT2D eigenvalue weighted by Gasteiger charge is -2.08. The third kappa shape index (κ3) is 3.20. The van der Waals surface area contributed by atoms with Crippen LogP contribution in [0.1, 0.15) is 20.7 Å². The lowest BCUT2D eigenvalue weighted by molar-refractivity contribution is 0.0731. The van der Waals surface area contributed by atoms with Crippen molar-refractivity contribution in [3.63, 3.8) is 0 Å². The molecule has 0 spiro atoms. The first-order valence-electron chi connectivity index (χ1n) is 7.22. The highest BCUT2D eigenvalue weighted by Gasteiger charge is 2.15. The molecule has 0 unspecified atom stereocenters. The van der Waals surface area contributed by atoms with E-state index in [-0.39, 0.29) is 22.5 Å². The van der Waals surface area contributed by atoms with Crippen LogP contribution < -0.4 is 20.8 Å². The highest BCUT2D eigenvalue weighted by Crippen LogP contribution is 2.23. The Bertz CT molecular complexity index is 1040. The number of rotatable bonds is 4. The average molecular weight is 339 g/mol. The zero-order valence-electron chi connectivity index (χ0n) is 13.1. The maximum atomic E-state index is 12.3. The van der Waals surface area contributed by atoms with Crippen LogP contribution in [0, 0.1) is 0 Å². The Hall–Kier alpha value is -3.61. The van der Waals surface area contributed by atoms with Crippen LogP contribution >= 0.6 is 0 Å². The fourth-order valence-electron chi connectivity index (χ4n) is 2.30. The molecule has 1 amide bonds. The van der Waals surface area contributed by atoms with Gasteiger partial charge in [0.25, 0.3) is 5.91 Å². The second kappa shape index (κ2) is 6.48. The summed E-state index contributed by atoms with van der Waals surface area (Å²) in [7, 11) is 1.45. The monoisotopic (exact) mass is 339 g/mol. The summed E-state index contributed by atoms with van der Waals surface area (Å²) in [4.78, 5) is 35.2. The Balaban J connectivity index is 1.94. The first kappa shape index (κ1) is 16.3. The molecule has 2 N–H and O–H groups in total. The molecule has 7 nitrogen and oxygen atoms in total. The maximum Gasteiger partial charge on any atom is 0.349 e. The van der Waals surface area contributed by atoms with Crippen molar-refractivity contribution in [1.82, 2.24) is 0 Å². The van der Waals surface area contributed by atoms with Gasteiger partial charge < -0.3 is 19.6 Å². The van der Waals surface area contributed by atoms with E-state index in [1.807, 2.05) is 0 Å². The Morgan fingerprint density at radius 3 is 2.52 bits per heavy atom. The Kier molecular flexibility index (Phi) is 4.21. The fraction of sp³-hybridized carbons (Fsp3) is 0.0556. The lowest BCUT2D eigenvalue weighted by Crippen LogP contribution is -2.20. The van der Waals surface area contributed by atoms with Gasteiger partial charge in [-0.15, -0.1) is 0 Å². The van der Waals surface area contributed by atoms with E-state index < -0.39 is 17.5 Å². The Morgan fingerprint density at radius 2 is 1.80 bits per heavy atom. The molecule has 0 fully saturated rings. The molecule has 25 heavy (non-hydrogen) atoms. The molecule has 126 valence electrons. The van der Waals surface area contributed by atoms with Crippen LogP contribution in [-0.2, 0) is 0 Å². The van der Waals surface area contributed by atoms with Crippen LogP contribution in [0.5, 0.6) is 11.5 Å².